The van der Waals surface area contributed by atoms with Gasteiger partial charge in [0.05, 0.1) is 0 Å². The molecule has 0 saturated carbocycles. The number of carbonyl (C=O) groups is 1. The number of anilines is 2. The van der Waals surface area contributed by atoms with Gasteiger partial charge in [0.1, 0.15) is 5.60 Å². The quantitative estimate of drug-likeness (QED) is 0.744. The van der Waals surface area contributed by atoms with Gasteiger partial charge in [-0.3, -0.25) is 0 Å². The SMILES string of the molecule is CC(C)(C)OC(=O)N1CC2CN3CCCc4cc(N)cc(c43)C2C1. The second kappa shape index (κ2) is 5.30. The fourth-order valence-electron chi connectivity index (χ4n) is 4.53. The first kappa shape index (κ1) is 15.6. The summed E-state index contributed by atoms with van der Waals surface area (Å²) in [4.78, 5) is 16.9. The first-order chi connectivity index (χ1) is 11.3. The fourth-order valence-corrected chi connectivity index (χ4v) is 4.53. The Bertz CT molecular complexity index is 680. The summed E-state index contributed by atoms with van der Waals surface area (Å²) < 4.78 is 5.58. The van der Waals surface area contributed by atoms with Crippen LogP contribution in [0.3, 0.4) is 0 Å². The average Bonchev–Trinajstić information content (AvgIpc) is 2.89. The maximum absolute atomic E-state index is 12.5. The van der Waals surface area contributed by atoms with E-state index in [1.54, 1.807) is 0 Å². The topological polar surface area (TPSA) is 58.8 Å². The second-order valence-corrected chi connectivity index (χ2v) is 8.42. The molecule has 2 atom stereocenters. The number of hydrogen-bond donors (Lipinski definition) is 1. The number of nitrogen functional groups attached to an aromatic ring is 1. The van der Waals surface area contributed by atoms with Crippen molar-refractivity contribution in [2.45, 2.75) is 45.1 Å². The lowest BCUT2D eigenvalue weighted by atomic mass is 9.80. The summed E-state index contributed by atoms with van der Waals surface area (Å²) >= 11 is 0. The Balaban J connectivity index is 1.63. The van der Waals surface area contributed by atoms with Gasteiger partial charge in [-0.1, -0.05) is 0 Å². The van der Waals surface area contributed by atoms with Gasteiger partial charge in [-0.2, -0.15) is 0 Å². The summed E-state index contributed by atoms with van der Waals surface area (Å²) in [7, 11) is 0. The van der Waals surface area contributed by atoms with Crippen LogP contribution in [0.25, 0.3) is 0 Å². The minimum atomic E-state index is -0.449. The molecule has 5 heteroatoms. The van der Waals surface area contributed by atoms with Gasteiger partial charge in [0.25, 0.3) is 0 Å². The molecule has 0 aliphatic carbocycles. The van der Waals surface area contributed by atoms with Crippen molar-refractivity contribution in [1.82, 2.24) is 4.90 Å². The van der Waals surface area contributed by atoms with Crippen LogP contribution < -0.4 is 10.6 Å². The van der Waals surface area contributed by atoms with Gasteiger partial charge in [-0.05, 0) is 56.9 Å². The third kappa shape index (κ3) is 2.60. The molecule has 5 nitrogen and oxygen atoms in total. The Morgan fingerprint density at radius 2 is 2.04 bits per heavy atom. The van der Waals surface area contributed by atoms with Crippen LogP contribution in [0, 0.1) is 5.92 Å². The Morgan fingerprint density at radius 1 is 1.25 bits per heavy atom. The summed E-state index contributed by atoms with van der Waals surface area (Å²) in [6.07, 6.45) is 2.10. The zero-order valence-electron chi connectivity index (χ0n) is 14.8. The number of rotatable bonds is 0. The number of benzene rings is 1. The van der Waals surface area contributed by atoms with E-state index < -0.39 is 5.60 Å². The van der Waals surface area contributed by atoms with E-state index in [-0.39, 0.29) is 6.09 Å². The van der Waals surface area contributed by atoms with E-state index in [0.717, 1.165) is 38.3 Å². The minimum absolute atomic E-state index is 0.191. The number of hydrogen-bond acceptors (Lipinski definition) is 4. The molecule has 0 aromatic heterocycles. The molecule has 1 fully saturated rings. The predicted octanol–water partition coefficient (Wildman–Crippen LogP) is 2.99. The summed E-state index contributed by atoms with van der Waals surface area (Å²) in [5.74, 6) is 0.849. The van der Waals surface area contributed by atoms with Crippen LogP contribution in [0.4, 0.5) is 16.2 Å². The lowest BCUT2D eigenvalue weighted by molar-refractivity contribution is 0.0287. The van der Waals surface area contributed by atoms with E-state index in [9.17, 15) is 4.79 Å². The van der Waals surface area contributed by atoms with E-state index in [1.165, 1.54) is 23.2 Å². The molecular formula is C19H27N3O2. The molecule has 1 amide bonds. The maximum atomic E-state index is 12.5. The smallest absolute Gasteiger partial charge is 0.410 e. The zero-order chi connectivity index (χ0) is 17.1. The van der Waals surface area contributed by atoms with Gasteiger partial charge < -0.3 is 20.3 Å². The Hall–Kier alpha value is -1.91. The second-order valence-electron chi connectivity index (χ2n) is 8.42. The molecule has 3 aliphatic heterocycles. The van der Waals surface area contributed by atoms with Crippen LogP contribution >= 0.6 is 0 Å². The van der Waals surface area contributed by atoms with Crippen LogP contribution in [-0.4, -0.2) is 42.8 Å². The molecule has 1 aromatic rings. The van der Waals surface area contributed by atoms with E-state index in [1.807, 2.05) is 25.7 Å². The molecule has 1 saturated heterocycles. The third-order valence-corrected chi connectivity index (χ3v) is 5.38. The molecule has 3 aliphatic rings. The van der Waals surface area contributed by atoms with Crippen molar-refractivity contribution in [3.05, 3.63) is 23.3 Å². The number of aryl methyl sites for hydroxylation is 1. The molecule has 4 rings (SSSR count). The van der Waals surface area contributed by atoms with Gasteiger partial charge in [0, 0.05) is 49.4 Å². The highest BCUT2D eigenvalue weighted by Gasteiger charge is 2.44. The first-order valence-corrected chi connectivity index (χ1v) is 8.97. The highest BCUT2D eigenvalue weighted by Crippen LogP contribution is 2.47. The lowest BCUT2D eigenvalue weighted by Gasteiger charge is -2.41. The Kier molecular flexibility index (Phi) is 3.44. The molecule has 0 spiro atoms. The van der Waals surface area contributed by atoms with Gasteiger partial charge in [-0.15, -0.1) is 0 Å². The maximum Gasteiger partial charge on any atom is 0.410 e. The van der Waals surface area contributed by atoms with Gasteiger partial charge >= 0.3 is 6.09 Å². The number of nitrogens with zero attached hydrogens (tertiary/aromatic N) is 2. The monoisotopic (exact) mass is 329 g/mol. The summed E-state index contributed by atoms with van der Waals surface area (Å²) in [6, 6.07) is 4.26. The van der Waals surface area contributed by atoms with Gasteiger partial charge in [0.15, 0.2) is 0 Å². The standard InChI is InChI=1S/C19H27N3O2/c1-19(2,3)24-18(23)22-10-13-9-21-6-4-5-12-7-14(20)8-15(17(12)21)16(13)11-22/h7-8,13,16H,4-6,9-11,20H2,1-3H3. The summed E-state index contributed by atoms with van der Waals surface area (Å²) in [5, 5.41) is 0. The van der Waals surface area contributed by atoms with Crippen molar-refractivity contribution in [2.75, 3.05) is 36.8 Å². The number of fused-ring (bicyclic) bond motifs is 2. The first-order valence-electron chi connectivity index (χ1n) is 8.97. The number of nitrogens with two attached hydrogens (primary N) is 1. The van der Waals surface area contributed by atoms with Gasteiger partial charge in [0.2, 0.25) is 0 Å². The van der Waals surface area contributed by atoms with Crippen molar-refractivity contribution in [3.8, 4) is 0 Å². The lowest BCUT2D eigenvalue weighted by Crippen LogP contribution is -2.41. The third-order valence-electron chi connectivity index (χ3n) is 5.38. The normalized spacial score (nSPS) is 25.3. The molecular weight excluding hydrogens is 302 g/mol. The molecule has 0 bridgehead atoms. The van der Waals surface area contributed by atoms with Crippen LogP contribution in [0.1, 0.15) is 44.2 Å². The van der Waals surface area contributed by atoms with Gasteiger partial charge in [-0.25, -0.2) is 4.79 Å². The highest BCUT2D eigenvalue weighted by molar-refractivity contribution is 5.72. The Labute approximate surface area is 143 Å². The molecule has 24 heavy (non-hydrogen) atoms. The highest BCUT2D eigenvalue weighted by atomic mass is 16.6. The number of amides is 1. The summed E-state index contributed by atoms with van der Waals surface area (Å²) in [5.41, 5.74) is 10.7. The average molecular weight is 329 g/mol. The van der Waals surface area contributed by atoms with Crippen LogP contribution in [0.5, 0.6) is 0 Å². The van der Waals surface area contributed by atoms with Crippen molar-refractivity contribution in [1.29, 1.82) is 0 Å². The largest absolute Gasteiger partial charge is 0.444 e. The van der Waals surface area contributed by atoms with Crippen LogP contribution in [-0.2, 0) is 11.2 Å². The number of carbonyl (C=O) groups excluding carboxylic acids is 1. The molecule has 2 N–H and O–H groups in total. The van der Waals surface area contributed by atoms with Crippen molar-refractivity contribution in [2.24, 2.45) is 5.92 Å². The van der Waals surface area contributed by atoms with Crippen LogP contribution in [0.15, 0.2) is 12.1 Å². The van der Waals surface area contributed by atoms with E-state index >= 15 is 0 Å². The Morgan fingerprint density at radius 3 is 2.79 bits per heavy atom. The van der Waals surface area contributed by atoms with E-state index in [4.69, 9.17) is 10.5 Å². The van der Waals surface area contributed by atoms with Crippen molar-refractivity contribution >= 4 is 17.5 Å². The zero-order valence-corrected chi connectivity index (χ0v) is 14.8. The van der Waals surface area contributed by atoms with Crippen LogP contribution in [0.2, 0.25) is 0 Å². The van der Waals surface area contributed by atoms with Crippen molar-refractivity contribution in [3.63, 3.8) is 0 Å². The van der Waals surface area contributed by atoms with Crippen molar-refractivity contribution < 1.29 is 9.53 Å². The summed E-state index contributed by atoms with van der Waals surface area (Å²) in [6.45, 7) is 9.41. The molecule has 0 radical (unpaired) electrons. The molecule has 1 aromatic carbocycles. The molecule has 2 unspecified atom stereocenters. The van der Waals surface area contributed by atoms with E-state index in [0.29, 0.717) is 11.8 Å². The van der Waals surface area contributed by atoms with E-state index in [2.05, 4.69) is 17.0 Å². The predicted molar refractivity (Wildman–Crippen MR) is 95.4 cm³/mol. The molecule has 3 heterocycles. The fraction of sp³-hybridized carbons (Fsp3) is 0.632. The molecule has 130 valence electrons. The minimum Gasteiger partial charge on any atom is -0.444 e. The number of ether oxygens (including phenoxy) is 1. The number of likely N-dealkylation sites (tertiary alicyclic amines) is 1.